The molecule has 0 N–H and O–H groups in total. The van der Waals surface area contributed by atoms with E-state index in [2.05, 4.69) is 58.7 Å². The summed E-state index contributed by atoms with van der Waals surface area (Å²) < 4.78 is 12.1. The minimum Gasteiger partial charge on any atom is -0.462 e. The molecule has 12 heteroatoms. The highest BCUT2D eigenvalue weighted by Crippen LogP contribution is 2.37. The molecule has 3 aromatic carbocycles. The van der Waals surface area contributed by atoms with Crippen LogP contribution >= 0.6 is 23.6 Å². The van der Waals surface area contributed by atoms with Crippen molar-refractivity contribution in [1.29, 1.82) is 5.26 Å². The van der Waals surface area contributed by atoms with Gasteiger partial charge in [-0.25, -0.2) is 0 Å². The number of nitriles is 1. The number of nitrogens with zero attached hydrogens (tertiary/aromatic N) is 7. The van der Waals surface area contributed by atoms with Gasteiger partial charge in [-0.15, -0.1) is 0 Å². The highest BCUT2D eigenvalue weighted by Gasteiger charge is 2.35. The summed E-state index contributed by atoms with van der Waals surface area (Å²) in [4.78, 5) is 33.3. The van der Waals surface area contributed by atoms with Crippen LogP contribution in [0.3, 0.4) is 0 Å². The summed E-state index contributed by atoms with van der Waals surface area (Å²) in [7, 11) is 2.13. The van der Waals surface area contributed by atoms with Gasteiger partial charge in [-0.3, -0.25) is 4.79 Å². The van der Waals surface area contributed by atoms with Gasteiger partial charge in [0.05, 0.1) is 42.4 Å². The van der Waals surface area contributed by atoms with Gasteiger partial charge in [0, 0.05) is 71.4 Å². The Morgan fingerprint density at radius 3 is 2.62 bits per heavy atom. The Balaban J connectivity index is 1.11. The van der Waals surface area contributed by atoms with Crippen LogP contribution in [0.15, 0.2) is 77.7 Å². The Bertz CT molecular complexity index is 1980. The molecule has 0 bridgehead atoms. The molecule has 0 radical (unpaired) electrons. The van der Waals surface area contributed by atoms with Gasteiger partial charge in [0.1, 0.15) is 12.4 Å². The molecule has 4 heterocycles. The number of halogens is 1. The molecule has 0 saturated carbocycles. The van der Waals surface area contributed by atoms with Gasteiger partial charge in [-0.2, -0.15) is 15.2 Å². The van der Waals surface area contributed by atoms with Crippen molar-refractivity contribution in [3.63, 3.8) is 0 Å². The lowest BCUT2D eigenvalue weighted by molar-refractivity contribution is -0.130. The average Bonchev–Trinajstić information content (AvgIpc) is 3.58. The largest absolute Gasteiger partial charge is 0.462 e. The molecule has 4 aromatic rings. The van der Waals surface area contributed by atoms with E-state index in [1.54, 1.807) is 4.90 Å². The van der Waals surface area contributed by atoms with Crippen molar-refractivity contribution in [3.8, 4) is 12.1 Å². The molecule has 2 atom stereocenters. The number of likely N-dealkylation sites (N-methyl/N-ethyl adjacent to an activating group) is 1. The van der Waals surface area contributed by atoms with Gasteiger partial charge in [0.25, 0.3) is 5.91 Å². The summed E-state index contributed by atoms with van der Waals surface area (Å²) in [6, 6.07) is 22.9. The molecule has 7 rings (SSSR count). The summed E-state index contributed by atoms with van der Waals surface area (Å²) >= 11 is 7.97. The van der Waals surface area contributed by atoms with Crippen molar-refractivity contribution in [2.75, 3.05) is 62.8 Å². The quantitative estimate of drug-likeness (QED) is 0.120. The lowest BCUT2D eigenvalue weighted by Crippen LogP contribution is -2.56. The summed E-state index contributed by atoms with van der Waals surface area (Å²) in [6.45, 7) is 10.5. The van der Waals surface area contributed by atoms with Crippen LogP contribution in [-0.4, -0.2) is 90.7 Å². The number of amides is 1. The van der Waals surface area contributed by atoms with E-state index in [1.165, 1.54) is 17.6 Å². The summed E-state index contributed by atoms with van der Waals surface area (Å²) in [6.07, 6.45) is 3.15. The van der Waals surface area contributed by atoms with Crippen molar-refractivity contribution in [2.45, 2.75) is 56.1 Å². The molecule has 3 aliphatic heterocycles. The zero-order chi connectivity index (χ0) is 36.2. The maximum atomic E-state index is 13.7. The van der Waals surface area contributed by atoms with E-state index < -0.39 is 0 Å². The Morgan fingerprint density at radius 1 is 1.04 bits per heavy atom. The number of piperazine rings is 1. The van der Waals surface area contributed by atoms with Gasteiger partial charge in [-0.05, 0) is 69.4 Å². The van der Waals surface area contributed by atoms with Crippen LogP contribution in [-0.2, 0) is 21.9 Å². The van der Waals surface area contributed by atoms with Crippen molar-refractivity contribution in [2.24, 2.45) is 0 Å². The minimum absolute atomic E-state index is 0.0889. The first kappa shape index (κ1) is 36.0. The summed E-state index contributed by atoms with van der Waals surface area (Å²) in [5.74, 6) is 0.630. The number of hydrogen-bond donors (Lipinski definition) is 0. The Morgan fingerprint density at radius 2 is 1.85 bits per heavy atom. The predicted octanol–water partition coefficient (Wildman–Crippen LogP) is 6.84. The van der Waals surface area contributed by atoms with Gasteiger partial charge in [-0.1, -0.05) is 60.1 Å². The number of rotatable bonds is 11. The monoisotopic (exact) mass is 737 g/mol. The average molecular weight is 738 g/mol. The molecule has 2 unspecified atom stereocenters. The summed E-state index contributed by atoms with van der Waals surface area (Å²) in [5.41, 5.74) is 4.60. The van der Waals surface area contributed by atoms with Crippen molar-refractivity contribution in [3.05, 3.63) is 94.7 Å². The number of ether oxygens (including phenoxy) is 1. The molecule has 10 nitrogen and oxygen atoms in total. The van der Waals surface area contributed by atoms with Crippen molar-refractivity contribution >= 4 is 51.8 Å². The second-order valence-electron chi connectivity index (χ2n) is 13.9. The van der Waals surface area contributed by atoms with Gasteiger partial charge in [0.15, 0.2) is 0 Å². The fourth-order valence-electron chi connectivity index (χ4n) is 7.44. The zero-order valence-electron chi connectivity index (χ0n) is 29.8. The molecule has 2 saturated heterocycles. The van der Waals surface area contributed by atoms with Crippen molar-refractivity contribution in [1.82, 2.24) is 19.8 Å². The Hall–Kier alpha value is -4.34. The standard InChI is InChI=1S/C40H44ClN7O3S/c1-27-12-14-32(15-13-27)52-51-25-28(2)39(49)48-22-21-47(23-30(48)16-18-42)38-33-17-20-46(36-11-5-8-29-7-4-10-34(41)37(29)36)24-35(33)43-40(44-38)50-26-31-9-6-19-45(31)3/h4-5,7-8,10-15,30-31H,2,6,9,16-17,19-26H2,1,3H3. The molecule has 3 aliphatic rings. The number of aryl methyl sites for hydroxylation is 1. The van der Waals surface area contributed by atoms with Crippen LogP contribution in [0.5, 0.6) is 6.01 Å². The third-order valence-electron chi connectivity index (χ3n) is 10.4. The van der Waals surface area contributed by atoms with Gasteiger partial charge < -0.3 is 28.5 Å². The zero-order valence-corrected chi connectivity index (χ0v) is 31.3. The molecule has 270 valence electrons. The third-order valence-corrected chi connectivity index (χ3v) is 11.4. The van der Waals surface area contributed by atoms with E-state index in [0.29, 0.717) is 50.4 Å². The third kappa shape index (κ3) is 7.86. The summed E-state index contributed by atoms with van der Waals surface area (Å²) in [5, 5.41) is 12.7. The Labute approximate surface area is 315 Å². The predicted molar refractivity (Wildman–Crippen MR) is 207 cm³/mol. The van der Waals surface area contributed by atoms with Crippen LogP contribution < -0.4 is 14.5 Å². The second kappa shape index (κ2) is 16.1. The molecule has 2 fully saturated rings. The minimum atomic E-state index is -0.340. The smallest absolute Gasteiger partial charge is 0.318 e. The van der Waals surface area contributed by atoms with E-state index in [0.717, 1.165) is 75.8 Å². The van der Waals surface area contributed by atoms with Crippen LogP contribution in [0, 0.1) is 18.3 Å². The molecular formula is C40H44ClN7O3S. The maximum Gasteiger partial charge on any atom is 0.318 e. The van der Waals surface area contributed by atoms with E-state index in [-0.39, 0.29) is 25.0 Å². The maximum absolute atomic E-state index is 13.7. The molecule has 1 aromatic heterocycles. The van der Waals surface area contributed by atoms with Gasteiger partial charge >= 0.3 is 6.01 Å². The molecule has 0 spiro atoms. The van der Waals surface area contributed by atoms with E-state index in [9.17, 15) is 10.1 Å². The van der Waals surface area contributed by atoms with Crippen molar-refractivity contribution < 1.29 is 13.7 Å². The van der Waals surface area contributed by atoms with Crippen LogP contribution in [0.25, 0.3) is 10.8 Å². The van der Waals surface area contributed by atoms with E-state index in [1.807, 2.05) is 43.3 Å². The fraction of sp³-hybridized carbons (Fsp3) is 0.400. The topological polar surface area (TPSA) is 98.1 Å². The van der Waals surface area contributed by atoms with Crippen LogP contribution in [0.2, 0.25) is 5.02 Å². The fourth-order valence-corrected chi connectivity index (χ4v) is 8.31. The number of carbonyl (C=O) groups is 1. The first-order chi connectivity index (χ1) is 25.3. The van der Waals surface area contributed by atoms with Crippen LogP contribution in [0.1, 0.15) is 36.1 Å². The SMILES string of the molecule is C=C(COSc1ccc(C)cc1)C(=O)N1CCN(c2nc(OCC3CCCN3C)nc3c2CCN(c2cccc4cccc(Cl)c24)C3)CC1CC#N. The molecular weight excluding hydrogens is 694 g/mol. The first-order valence-corrected chi connectivity index (χ1v) is 19.0. The van der Waals surface area contributed by atoms with Gasteiger partial charge in [0.2, 0.25) is 0 Å². The highest BCUT2D eigenvalue weighted by molar-refractivity contribution is 7.94. The number of anilines is 2. The normalized spacial score (nSPS) is 19.1. The molecule has 52 heavy (non-hydrogen) atoms. The number of likely N-dealkylation sites (tertiary alicyclic amines) is 1. The number of fused-ring (bicyclic) bond motifs is 2. The number of hydrogen-bond acceptors (Lipinski definition) is 10. The lowest BCUT2D eigenvalue weighted by atomic mass is 10.0. The number of carbonyl (C=O) groups excluding carboxylic acids is 1. The van der Waals surface area contributed by atoms with E-state index >= 15 is 0 Å². The molecule has 0 aliphatic carbocycles. The van der Waals surface area contributed by atoms with E-state index in [4.69, 9.17) is 30.5 Å². The first-order valence-electron chi connectivity index (χ1n) is 17.9. The lowest BCUT2D eigenvalue weighted by Gasteiger charge is -2.42. The highest BCUT2D eigenvalue weighted by atomic mass is 35.5. The number of benzene rings is 3. The number of aromatic nitrogens is 2. The van der Waals surface area contributed by atoms with Crippen LogP contribution in [0.4, 0.5) is 11.5 Å². The second-order valence-corrected chi connectivity index (χ2v) is 15.1. The molecule has 1 amide bonds. The Kier molecular flexibility index (Phi) is 11.2.